The molecule has 50 valence electrons. The third-order valence-electron chi connectivity index (χ3n) is 1.04. The van der Waals surface area contributed by atoms with E-state index in [4.69, 9.17) is 11.6 Å². The van der Waals surface area contributed by atoms with Crippen molar-refractivity contribution in [2.45, 2.75) is 5.33 Å². The van der Waals surface area contributed by atoms with Crippen LogP contribution in [0.2, 0.25) is 5.02 Å². The van der Waals surface area contributed by atoms with Gasteiger partial charge in [0.25, 0.3) is 0 Å². The topological polar surface area (TPSA) is 0 Å². The first-order valence-corrected chi connectivity index (χ1v) is 4.13. The second kappa shape index (κ2) is 5.29. The zero-order valence-corrected chi connectivity index (χ0v) is 10.8. The largest absolute Gasteiger partial charge is 0.0876 e. The first-order valence-electron chi connectivity index (χ1n) is 2.63. The Morgan fingerprint density at radius 3 is 2.50 bits per heavy atom. The van der Waals surface area contributed by atoms with E-state index in [1.54, 1.807) is 0 Å². The summed E-state index contributed by atoms with van der Waals surface area (Å²) in [4.78, 5) is 0. The van der Waals surface area contributed by atoms with Crippen LogP contribution in [0.4, 0.5) is 0 Å². The van der Waals surface area contributed by atoms with Gasteiger partial charge in [0.2, 0.25) is 0 Å². The van der Waals surface area contributed by atoms with Gasteiger partial charge in [0.15, 0.2) is 0 Å². The van der Waals surface area contributed by atoms with Gasteiger partial charge in [-0.05, 0) is 17.7 Å². The summed E-state index contributed by atoms with van der Waals surface area (Å²) >= 11 is 9.04. The van der Waals surface area contributed by atoms with Crippen molar-refractivity contribution < 1.29 is 19.5 Å². The Morgan fingerprint density at radius 2 is 2.10 bits per heavy atom. The number of rotatable bonds is 1. The number of halogens is 2. The molecule has 10 heavy (non-hydrogen) atoms. The van der Waals surface area contributed by atoms with Crippen LogP contribution >= 0.6 is 27.5 Å². The molecule has 0 aliphatic heterocycles. The smallest absolute Gasteiger partial charge is 0.0409 e. The summed E-state index contributed by atoms with van der Waals surface area (Å²) in [6, 6.07) is 7.78. The number of benzene rings is 1. The summed E-state index contributed by atoms with van der Waals surface area (Å²) in [5.41, 5.74) is 1.21. The first-order chi connectivity index (χ1) is 4.33. The fourth-order valence-electron chi connectivity index (χ4n) is 0.620. The van der Waals surface area contributed by atoms with Crippen molar-refractivity contribution in [1.29, 1.82) is 0 Å². The second-order valence-electron chi connectivity index (χ2n) is 1.76. The number of hydrogen-bond donors (Lipinski definition) is 0. The minimum atomic E-state index is 0. The molecular weight excluding hydrogens is 265 g/mol. The minimum absolute atomic E-state index is 0. The van der Waals surface area contributed by atoms with Crippen molar-refractivity contribution in [2.75, 3.05) is 0 Å². The molecule has 0 N–H and O–H groups in total. The zero-order chi connectivity index (χ0) is 6.69. The molecule has 0 aromatic heterocycles. The normalized spacial score (nSPS) is 8.60. The Labute approximate surface area is 86.9 Å². The fourth-order valence-corrected chi connectivity index (χ4v) is 1.18. The Kier molecular flexibility index (Phi) is 5.61. The molecule has 3 heteroatoms. The van der Waals surface area contributed by atoms with Crippen LogP contribution in [0.1, 0.15) is 5.56 Å². The van der Waals surface area contributed by atoms with E-state index in [0.717, 1.165) is 10.4 Å². The Hall–Kier alpha value is 0.613. The Bertz CT molecular complexity index is 203. The molecule has 0 saturated heterocycles. The van der Waals surface area contributed by atoms with Crippen LogP contribution in [0.15, 0.2) is 24.3 Å². The predicted molar refractivity (Wildman–Crippen MR) is 44.1 cm³/mol. The molecule has 0 unspecified atom stereocenters. The van der Waals surface area contributed by atoms with Crippen LogP contribution in [0.25, 0.3) is 0 Å². The SMILES string of the molecule is Clc1cccc(CBr)c1.[Zn]. The van der Waals surface area contributed by atoms with E-state index in [9.17, 15) is 0 Å². The average Bonchev–Trinajstić information content (AvgIpc) is 1.88. The van der Waals surface area contributed by atoms with Gasteiger partial charge in [0, 0.05) is 29.8 Å². The zero-order valence-electron chi connectivity index (χ0n) is 5.48. The summed E-state index contributed by atoms with van der Waals surface area (Å²) in [5, 5.41) is 1.67. The molecule has 0 aliphatic rings. The molecule has 0 saturated carbocycles. The molecule has 0 fully saturated rings. The number of alkyl halides is 1. The van der Waals surface area contributed by atoms with Gasteiger partial charge in [0.1, 0.15) is 0 Å². The molecule has 0 amide bonds. The summed E-state index contributed by atoms with van der Waals surface area (Å²) in [5.74, 6) is 0. The molecule has 0 spiro atoms. The first kappa shape index (κ1) is 10.6. The standard InChI is InChI=1S/C7H6BrCl.Zn/c8-5-6-2-1-3-7(9)4-6;/h1-4H,5H2;. The molecule has 1 aromatic rings. The summed E-state index contributed by atoms with van der Waals surface area (Å²) in [6.45, 7) is 0. The van der Waals surface area contributed by atoms with Gasteiger partial charge >= 0.3 is 0 Å². The van der Waals surface area contributed by atoms with Gasteiger partial charge in [-0.1, -0.05) is 39.7 Å². The second-order valence-corrected chi connectivity index (χ2v) is 2.76. The fraction of sp³-hybridized carbons (Fsp3) is 0.143. The molecule has 1 aromatic carbocycles. The third-order valence-corrected chi connectivity index (χ3v) is 1.93. The summed E-state index contributed by atoms with van der Waals surface area (Å²) < 4.78 is 0. The van der Waals surface area contributed by atoms with Crippen LogP contribution in [-0.4, -0.2) is 0 Å². The van der Waals surface area contributed by atoms with Crippen LogP contribution in [0.5, 0.6) is 0 Å². The Morgan fingerprint density at radius 1 is 1.40 bits per heavy atom. The van der Waals surface area contributed by atoms with Crippen molar-refractivity contribution >= 4 is 27.5 Å². The number of hydrogen-bond acceptors (Lipinski definition) is 0. The van der Waals surface area contributed by atoms with Crippen molar-refractivity contribution in [1.82, 2.24) is 0 Å². The molecule has 0 aliphatic carbocycles. The molecule has 0 nitrogen and oxygen atoms in total. The minimum Gasteiger partial charge on any atom is -0.0876 e. The maximum Gasteiger partial charge on any atom is 0.0409 e. The van der Waals surface area contributed by atoms with E-state index < -0.39 is 0 Å². The maximum atomic E-state index is 5.70. The van der Waals surface area contributed by atoms with Gasteiger partial charge in [-0.3, -0.25) is 0 Å². The summed E-state index contributed by atoms with van der Waals surface area (Å²) in [6.07, 6.45) is 0. The van der Waals surface area contributed by atoms with Gasteiger partial charge in [-0.2, -0.15) is 0 Å². The molecule has 1 rings (SSSR count). The van der Waals surface area contributed by atoms with E-state index in [-0.39, 0.29) is 19.5 Å². The van der Waals surface area contributed by atoms with E-state index >= 15 is 0 Å². The van der Waals surface area contributed by atoms with E-state index in [2.05, 4.69) is 15.9 Å². The van der Waals surface area contributed by atoms with Crippen molar-refractivity contribution in [2.24, 2.45) is 0 Å². The van der Waals surface area contributed by atoms with Gasteiger partial charge in [-0.15, -0.1) is 0 Å². The summed E-state index contributed by atoms with van der Waals surface area (Å²) in [7, 11) is 0. The van der Waals surface area contributed by atoms with Crippen molar-refractivity contribution in [3.63, 3.8) is 0 Å². The molecular formula is C7H6BrClZn. The average molecular weight is 271 g/mol. The predicted octanol–water partition coefficient (Wildman–Crippen LogP) is 3.23. The van der Waals surface area contributed by atoms with Crippen LogP contribution in [0, 0.1) is 0 Å². The van der Waals surface area contributed by atoms with Crippen LogP contribution in [-0.2, 0) is 24.8 Å². The van der Waals surface area contributed by atoms with Gasteiger partial charge < -0.3 is 0 Å². The molecule has 0 heterocycles. The Balaban J connectivity index is 0.000000810. The maximum absolute atomic E-state index is 5.70. The van der Waals surface area contributed by atoms with Crippen molar-refractivity contribution in [3.05, 3.63) is 34.9 Å². The van der Waals surface area contributed by atoms with Crippen molar-refractivity contribution in [3.8, 4) is 0 Å². The van der Waals surface area contributed by atoms with Crippen LogP contribution in [0.3, 0.4) is 0 Å². The third kappa shape index (κ3) is 3.14. The molecule has 0 radical (unpaired) electrons. The van der Waals surface area contributed by atoms with E-state index in [1.165, 1.54) is 5.56 Å². The van der Waals surface area contributed by atoms with E-state index in [0.29, 0.717) is 0 Å². The van der Waals surface area contributed by atoms with E-state index in [1.807, 2.05) is 24.3 Å². The molecule has 0 bridgehead atoms. The monoisotopic (exact) mass is 268 g/mol. The van der Waals surface area contributed by atoms with Gasteiger partial charge in [-0.25, -0.2) is 0 Å². The van der Waals surface area contributed by atoms with Gasteiger partial charge in [0.05, 0.1) is 0 Å². The molecule has 0 atom stereocenters. The van der Waals surface area contributed by atoms with Crippen LogP contribution < -0.4 is 0 Å². The quantitative estimate of drug-likeness (QED) is 0.543.